The molecule has 134 valence electrons. The van der Waals surface area contributed by atoms with E-state index in [1.54, 1.807) is 7.11 Å². The molecule has 1 aromatic heterocycles. The molecule has 3 heteroatoms. The van der Waals surface area contributed by atoms with Crippen molar-refractivity contribution in [2.24, 2.45) is 0 Å². The van der Waals surface area contributed by atoms with Crippen molar-refractivity contribution in [2.75, 3.05) is 27.2 Å². The molecule has 0 amide bonds. The summed E-state index contributed by atoms with van der Waals surface area (Å²) in [5.41, 5.74) is 5.13. The first-order valence-corrected chi connectivity index (χ1v) is 9.34. The summed E-state index contributed by atoms with van der Waals surface area (Å²) in [5, 5.41) is 1.37. The van der Waals surface area contributed by atoms with E-state index in [0.29, 0.717) is 5.92 Å². The molecule has 0 saturated carbocycles. The van der Waals surface area contributed by atoms with Gasteiger partial charge in [0.05, 0.1) is 7.11 Å². The predicted molar refractivity (Wildman–Crippen MR) is 110 cm³/mol. The van der Waals surface area contributed by atoms with Crippen LogP contribution in [0.25, 0.3) is 23.1 Å². The molecule has 1 aliphatic rings. The predicted octanol–water partition coefficient (Wildman–Crippen LogP) is 5.16. The van der Waals surface area contributed by atoms with Gasteiger partial charge in [0.1, 0.15) is 5.75 Å². The molecule has 1 aliphatic heterocycles. The van der Waals surface area contributed by atoms with Crippen LogP contribution >= 0.6 is 0 Å². The highest BCUT2D eigenvalue weighted by Gasteiger charge is 2.20. The van der Waals surface area contributed by atoms with Gasteiger partial charge < -0.3 is 14.6 Å². The van der Waals surface area contributed by atoms with E-state index in [9.17, 15) is 0 Å². The van der Waals surface area contributed by atoms with E-state index < -0.39 is 0 Å². The Morgan fingerprint density at radius 3 is 2.42 bits per heavy atom. The number of likely N-dealkylation sites (tertiary alicyclic amines) is 1. The van der Waals surface area contributed by atoms with Crippen molar-refractivity contribution in [3.8, 4) is 5.75 Å². The first-order valence-electron chi connectivity index (χ1n) is 9.34. The second kappa shape index (κ2) is 7.38. The molecular weight excluding hydrogens is 320 g/mol. The summed E-state index contributed by atoms with van der Waals surface area (Å²) in [6.07, 6.45) is 9.05. The number of hydrogen-bond donors (Lipinski definition) is 1. The van der Waals surface area contributed by atoms with E-state index >= 15 is 0 Å². The molecule has 1 N–H and O–H groups in total. The fourth-order valence-electron chi connectivity index (χ4n) is 3.83. The van der Waals surface area contributed by atoms with Crippen LogP contribution in [0.2, 0.25) is 0 Å². The molecule has 2 aromatic carbocycles. The van der Waals surface area contributed by atoms with Gasteiger partial charge in [-0.05, 0) is 79.9 Å². The molecule has 0 aliphatic carbocycles. The highest BCUT2D eigenvalue weighted by molar-refractivity contribution is 5.87. The van der Waals surface area contributed by atoms with Crippen molar-refractivity contribution in [1.82, 2.24) is 9.88 Å². The molecule has 0 unspecified atom stereocenters. The van der Waals surface area contributed by atoms with E-state index in [0.717, 1.165) is 5.75 Å². The van der Waals surface area contributed by atoms with Gasteiger partial charge in [-0.1, -0.05) is 30.4 Å². The summed E-state index contributed by atoms with van der Waals surface area (Å²) < 4.78 is 5.22. The molecule has 0 atom stereocenters. The van der Waals surface area contributed by atoms with E-state index in [1.165, 1.54) is 53.5 Å². The minimum atomic E-state index is 0.667. The highest BCUT2D eigenvalue weighted by Crippen LogP contribution is 2.33. The fourth-order valence-corrected chi connectivity index (χ4v) is 3.83. The Bertz CT molecular complexity index is 900. The lowest BCUT2D eigenvalue weighted by Gasteiger charge is -2.28. The summed E-state index contributed by atoms with van der Waals surface area (Å²) >= 11 is 0. The molecule has 4 rings (SSSR count). The standard InChI is InChI=1S/C23H26N2O/c1-25-13-11-19(12-14-25)22-16-24-23-10-7-18(15-21(22)23)4-3-17-5-8-20(26-2)9-6-17/h3-10,15-16,19,24H,11-14H2,1-2H3. The molecule has 26 heavy (non-hydrogen) atoms. The van der Waals surface area contributed by atoms with E-state index in [2.05, 4.69) is 65.6 Å². The molecular formula is C23H26N2O. The van der Waals surface area contributed by atoms with Crippen molar-refractivity contribution in [2.45, 2.75) is 18.8 Å². The van der Waals surface area contributed by atoms with Crippen molar-refractivity contribution < 1.29 is 4.74 Å². The number of ether oxygens (including phenoxy) is 1. The Kier molecular flexibility index (Phi) is 4.81. The smallest absolute Gasteiger partial charge is 0.118 e. The van der Waals surface area contributed by atoms with E-state index in [-0.39, 0.29) is 0 Å². The molecule has 3 aromatic rings. The summed E-state index contributed by atoms with van der Waals surface area (Å²) in [4.78, 5) is 5.88. The van der Waals surface area contributed by atoms with Crippen LogP contribution in [0.5, 0.6) is 5.75 Å². The van der Waals surface area contributed by atoms with Gasteiger partial charge in [-0.25, -0.2) is 0 Å². The number of piperidine rings is 1. The lowest BCUT2D eigenvalue weighted by molar-refractivity contribution is 0.256. The van der Waals surface area contributed by atoms with Gasteiger partial charge in [0, 0.05) is 17.1 Å². The van der Waals surface area contributed by atoms with Crippen LogP contribution < -0.4 is 4.74 Å². The topological polar surface area (TPSA) is 28.3 Å². The summed E-state index contributed by atoms with van der Waals surface area (Å²) in [7, 11) is 3.91. The van der Waals surface area contributed by atoms with Crippen molar-refractivity contribution >= 4 is 23.1 Å². The number of aromatic nitrogens is 1. The van der Waals surface area contributed by atoms with Crippen LogP contribution in [0.4, 0.5) is 0 Å². The number of aromatic amines is 1. The van der Waals surface area contributed by atoms with Gasteiger partial charge in [0.15, 0.2) is 0 Å². The molecule has 2 heterocycles. The number of nitrogens with zero attached hydrogens (tertiary/aromatic N) is 1. The van der Waals surface area contributed by atoms with Crippen LogP contribution in [-0.4, -0.2) is 37.1 Å². The van der Waals surface area contributed by atoms with Gasteiger partial charge in [-0.2, -0.15) is 0 Å². The fraction of sp³-hybridized carbons (Fsp3) is 0.304. The minimum Gasteiger partial charge on any atom is -0.497 e. The second-order valence-corrected chi connectivity index (χ2v) is 7.23. The third-order valence-electron chi connectivity index (χ3n) is 5.48. The Hall–Kier alpha value is -2.52. The largest absolute Gasteiger partial charge is 0.497 e. The first kappa shape index (κ1) is 16.9. The lowest BCUT2D eigenvalue weighted by Crippen LogP contribution is -2.29. The molecule has 1 saturated heterocycles. The maximum absolute atomic E-state index is 5.22. The normalized spacial score (nSPS) is 16.5. The van der Waals surface area contributed by atoms with Gasteiger partial charge in [0.2, 0.25) is 0 Å². The minimum absolute atomic E-state index is 0.667. The average molecular weight is 346 g/mol. The maximum atomic E-state index is 5.22. The van der Waals surface area contributed by atoms with Gasteiger partial charge in [-0.3, -0.25) is 0 Å². The number of H-pyrrole nitrogens is 1. The maximum Gasteiger partial charge on any atom is 0.118 e. The molecule has 1 fully saturated rings. The zero-order valence-electron chi connectivity index (χ0n) is 15.5. The summed E-state index contributed by atoms with van der Waals surface area (Å²) in [6, 6.07) is 14.8. The van der Waals surface area contributed by atoms with Gasteiger partial charge in [-0.15, -0.1) is 0 Å². The van der Waals surface area contributed by atoms with Crippen molar-refractivity contribution in [3.05, 3.63) is 65.4 Å². The Morgan fingerprint density at radius 2 is 1.69 bits per heavy atom. The molecule has 0 spiro atoms. The number of benzene rings is 2. The third-order valence-corrected chi connectivity index (χ3v) is 5.48. The highest BCUT2D eigenvalue weighted by atomic mass is 16.5. The van der Waals surface area contributed by atoms with Gasteiger partial charge >= 0.3 is 0 Å². The van der Waals surface area contributed by atoms with Crippen molar-refractivity contribution in [3.63, 3.8) is 0 Å². The van der Waals surface area contributed by atoms with Crippen LogP contribution in [0.1, 0.15) is 35.4 Å². The Labute approximate surface area is 155 Å². The average Bonchev–Trinajstić information content (AvgIpc) is 3.10. The number of rotatable bonds is 4. The third kappa shape index (κ3) is 3.54. The number of hydrogen-bond acceptors (Lipinski definition) is 2. The quantitative estimate of drug-likeness (QED) is 0.661. The molecule has 0 radical (unpaired) electrons. The van der Waals surface area contributed by atoms with Crippen LogP contribution in [0, 0.1) is 0 Å². The first-order chi connectivity index (χ1) is 12.7. The number of nitrogens with one attached hydrogen (secondary N) is 1. The number of methoxy groups -OCH3 is 1. The number of fused-ring (bicyclic) bond motifs is 1. The zero-order valence-corrected chi connectivity index (χ0v) is 15.5. The van der Waals surface area contributed by atoms with Crippen LogP contribution in [0.15, 0.2) is 48.7 Å². The lowest BCUT2D eigenvalue weighted by atomic mass is 9.89. The summed E-state index contributed by atoms with van der Waals surface area (Å²) in [5.74, 6) is 1.56. The van der Waals surface area contributed by atoms with Crippen molar-refractivity contribution in [1.29, 1.82) is 0 Å². The SMILES string of the molecule is COc1ccc(C=Cc2ccc3[nH]cc(C4CCN(C)CC4)c3c2)cc1. The zero-order chi connectivity index (χ0) is 17.9. The second-order valence-electron chi connectivity index (χ2n) is 7.23. The van der Waals surface area contributed by atoms with Crippen LogP contribution in [0.3, 0.4) is 0 Å². The van der Waals surface area contributed by atoms with E-state index in [1.807, 2.05) is 12.1 Å². The van der Waals surface area contributed by atoms with E-state index in [4.69, 9.17) is 4.74 Å². The van der Waals surface area contributed by atoms with Gasteiger partial charge in [0.25, 0.3) is 0 Å². The molecule has 0 bridgehead atoms. The Morgan fingerprint density at radius 1 is 1.00 bits per heavy atom. The monoisotopic (exact) mass is 346 g/mol. The van der Waals surface area contributed by atoms with Crippen LogP contribution in [-0.2, 0) is 0 Å². The Balaban J connectivity index is 1.58. The summed E-state index contributed by atoms with van der Waals surface area (Å²) in [6.45, 7) is 2.38. The molecule has 3 nitrogen and oxygen atoms in total.